The zero-order chi connectivity index (χ0) is 18.2. The molecular weight excluding hydrogens is 338 g/mol. The Morgan fingerprint density at radius 2 is 1.00 bits per heavy atom. The normalized spacial score (nSPS) is 13.4. The van der Waals surface area contributed by atoms with E-state index in [-0.39, 0.29) is 22.1 Å². The van der Waals surface area contributed by atoms with Gasteiger partial charge in [-0.15, -0.1) is 0 Å². The molecule has 1 aromatic carbocycles. The zero-order valence-electron chi connectivity index (χ0n) is 13.2. The number of aryl methyl sites for hydroxylation is 4. The molecule has 0 unspecified atom stereocenters. The molecule has 0 aliphatic carbocycles. The summed E-state index contributed by atoms with van der Waals surface area (Å²) in [6.45, 7) is 0. The highest BCUT2D eigenvalue weighted by Gasteiger charge is 2.47. The molecule has 0 saturated carbocycles. The third-order valence-corrected chi connectivity index (χ3v) is 4.30. The average Bonchev–Trinajstić information content (AvgIpc) is 2.81. The molecule has 2 heterocycles. The van der Waals surface area contributed by atoms with Crippen LogP contribution in [0.4, 0.5) is 26.3 Å². The van der Waals surface area contributed by atoms with Crippen LogP contribution in [0.15, 0.2) is 12.1 Å². The second-order valence-corrected chi connectivity index (χ2v) is 5.71. The number of benzene rings is 1. The zero-order valence-corrected chi connectivity index (χ0v) is 13.2. The van der Waals surface area contributed by atoms with Crippen LogP contribution in [-0.4, -0.2) is 9.13 Å². The van der Waals surface area contributed by atoms with Crippen molar-refractivity contribution >= 4 is 22.1 Å². The lowest BCUT2D eigenvalue weighted by molar-refractivity contribution is -0.668. The summed E-state index contributed by atoms with van der Waals surface area (Å²) >= 11 is 0. The van der Waals surface area contributed by atoms with Gasteiger partial charge in [0.15, 0.2) is 22.1 Å². The van der Waals surface area contributed by atoms with Crippen molar-refractivity contribution < 1.29 is 35.5 Å². The van der Waals surface area contributed by atoms with E-state index >= 15 is 0 Å². The van der Waals surface area contributed by atoms with Crippen LogP contribution >= 0.6 is 0 Å². The van der Waals surface area contributed by atoms with Gasteiger partial charge in [-0.1, -0.05) is 0 Å². The molecule has 24 heavy (non-hydrogen) atoms. The number of imidazole rings is 2. The standard InChI is InChI=1S/C14H14F6N4/c1-21-7-5-9-10(24(4)12(23(9)3)14(18,19)20)6-8(7)22(2)11(21)13(15,16)17/h5-6H,1-4H3/q+2. The van der Waals surface area contributed by atoms with Crippen molar-refractivity contribution in [2.24, 2.45) is 28.2 Å². The molecule has 0 amide bonds. The molecule has 0 N–H and O–H groups in total. The largest absolute Gasteiger partial charge is 0.495 e. The highest BCUT2D eigenvalue weighted by atomic mass is 19.4. The third kappa shape index (κ3) is 2.08. The van der Waals surface area contributed by atoms with E-state index in [4.69, 9.17) is 0 Å². The van der Waals surface area contributed by atoms with Gasteiger partial charge >= 0.3 is 24.0 Å². The molecule has 130 valence electrons. The van der Waals surface area contributed by atoms with Crippen molar-refractivity contribution in [2.45, 2.75) is 12.4 Å². The Kier molecular flexibility index (Phi) is 3.21. The molecular formula is C14H14F6N4+2. The first-order valence-electron chi connectivity index (χ1n) is 6.87. The molecule has 4 nitrogen and oxygen atoms in total. The summed E-state index contributed by atoms with van der Waals surface area (Å²) in [5.74, 6) is -1.77. The van der Waals surface area contributed by atoms with Gasteiger partial charge in [-0.2, -0.15) is 26.3 Å². The van der Waals surface area contributed by atoms with E-state index in [1.165, 1.54) is 40.3 Å². The SMILES string of the molecule is Cn1c(C(F)(F)F)[n+](C)c2cc3c(cc21)[n+](C)c(C(F)(F)F)n3C. The minimum absolute atomic E-state index is 0.201. The van der Waals surface area contributed by atoms with Gasteiger partial charge < -0.3 is 0 Å². The lowest BCUT2D eigenvalue weighted by Gasteiger charge is -2.02. The fraction of sp³-hybridized carbons (Fsp3) is 0.429. The van der Waals surface area contributed by atoms with Gasteiger partial charge in [-0.05, 0) is 0 Å². The quantitative estimate of drug-likeness (QED) is 0.437. The van der Waals surface area contributed by atoms with E-state index in [1.54, 1.807) is 0 Å². The fourth-order valence-corrected chi connectivity index (χ4v) is 3.30. The van der Waals surface area contributed by atoms with Crippen LogP contribution in [-0.2, 0) is 40.5 Å². The fourth-order valence-electron chi connectivity index (χ4n) is 3.30. The second-order valence-electron chi connectivity index (χ2n) is 5.71. The van der Waals surface area contributed by atoms with Gasteiger partial charge in [0.2, 0.25) is 0 Å². The van der Waals surface area contributed by atoms with E-state index in [0.29, 0.717) is 0 Å². The predicted molar refractivity (Wildman–Crippen MR) is 71.8 cm³/mol. The summed E-state index contributed by atoms with van der Waals surface area (Å²) < 4.78 is 83.0. The smallest absolute Gasteiger partial charge is 0.222 e. The van der Waals surface area contributed by atoms with Crippen LogP contribution in [0.3, 0.4) is 0 Å². The van der Waals surface area contributed by atoms with E-state index in [1.807, 2.05) is 0 Å². The van der Waals surface area contributed by atoms with Crippen molar-refractivity contribution in [1.29, 1.82) is 0 Å². The molecule has 0 atom stereocenters. The summed E-state index contributed by atoms with van der Waals surface area (Å²) in [5.41, 5.74) is 0.805. The highest BCUT2D eigenvalue weighted by molar-refractivity contribution is 5.89. The summed E-state index contributed by atoms with van der Waals surface area (Å²) in [4.78, 5) is 0. The molecule has 0 aliphatic heterocycles. The predicted octanol–water partition coefficient (Wildman–Crippen LogP) is 2.36. The van der Waals surface area contributed by atoms with E-state index in [9.17, 15) is 26.3 Å². The van der Waals surface area contributed by atoms with Crippen molar-refractivity contribution in [1.82, 2.24) is 9.13 Å². The van der Waals surface area contributed by atoms with Crippen LogP contribution in [0.1, 0.15) is 11.6 Å². The molecule has 10 heteroatoms. The van der Waals surface area contributed by atoms with Crippen LogP contribution in [0.2, 0.25) is 0 Å². The third-order valence-electron chi connectivity index (χ3n) is 4.30. The Morgan fingerprint density at radius 3 is 1.25 bits per heavy atom. The van der Waals surface area contributed by atoms with E-state index in [0.717, 1.165) is 18.3 Å². The van der Waals surface area contributed by atoms with Crippen molar-refractivity contribution in [3.8, 4) is 0 Å². The topological polar surface area (TPSA) is 17.6 Å². The van der Waals surface area contributed by atoms with Gasteiger partial charge in [0.05, 0.1) is 28.2 Å². The lowest BCUT2D eigenvalue weighted by Crippen LogP contribution is -2.38. The average molecular weight is 352 g/mol. The number of aromatic nitrogens is 4. The van der Waals surface area contributed by atoms with Gasteiger partial charge in [0, 0.05) is 12.1 Å². The van der Waals surface area contributed by atoms with Crippen molar-refractivity contribution in [2.75, 3.05) is 0 Å². The number of hydrogen-bond acceptors (Lipinski definition) is 0. The van der Waals surface area contributed by atoms with Crippen LogP contribution < -0.4 is 9.13 Å². The molecule has 2 aromatic heterocycles. The van der Waals surface area contributed by atoms with Crippen molar-refractivity contribution in [3.63, 3.8) is 0 Å². The number of hydrogen-bond donors (Lipinski definition) is 0. The molecule has 0 spiro atoms. The summed E-state index contributed by atoms with van der Waals surface area (Å²) in [6, 6.07) is 2.68. The maximum atomic E-state index is 13.2. The molecule has 0 fully saturated rings. The number of rotatable bonds is 0. The number of alkyl halides is 6. The Morgan fingerprint density at radius 1 is 0.708 bits per heavy atom. The maximum absolute atomic E-state index is 13.2. The van der Waals surface area contributed by atoms with E-state index < -0.39 is 24.0 Å². The Labute approximate surface area is 132 Å². The first-order valence-corrected chi connectivity index (χ1v) is 6.87. The lowest BCUT2D eigenvalue weighted by atomic mass is 10.2. The highest BCUT2D eigenvalue weighted by Crippen LogP contribution is 2.33. The summed E-state index contributed by atoms with van der Waals surface area (Å²) in [7, 11) is 4.96. The van der Waals surface area contributed by atoms with Crippen LogP contribution in [0, 0.1) is 0 Å². The molecule has 3 rings (SSSR count). The first kappa shape index (κ1) is 16.6. The number of halogens is 6. The Hall–Kier alpha value is -2.26. The maximum Gasteiger partial charge on any atom is 0.495 e. The molecule has 0 saturated heterocycles. The van der Waals surface area contributed by atoms with Crippen LogP contribution in [0.5, 0.6) is 0 Å². The number of nitrogens with zero attached hydrogens (tertiary/aromatic N) is 4. The van der Waals surface area contributed by atoms with Gasteiger partial charge in [0.1, 0.15) is 0 Å². The minimum atomic E-state index is -4.58. The summed E-state index contributed by atoms with van der Waals surface area (Å²) in [6.07, 6.45) is -9.15. The molecule has 3 aromatic rings. The van der Waals surface area contributed by atoms with Gasteiger partial charge in [0.25, 0.3) is 0 Å². The summed E-state index contributed by atoms with van der Waals surface area (Å²) in [5, 5.41) is 0. The monoisotopic (exact) mass is 352 g/mol. The first-order chi connectivity index (χ1) is 10.9. The Bertz CT molecular complexity index is 835. The van der Waals surface area contributed by atoms with Gasteiger partial charge in [-0.25, -0.2) is 18.3 Å². The minimum Gasteiger partial charge on any atom is -0.222 e. The van der Waals surface area contributed by atoms with Crippen molar-refractivity contribution in [3.05, 3.63) is 23.8 Å². The molecule has 0 radical (unpaired) electrons. The van der Waals surface area contributed by atoms with Crippen LogP contribution in [0.25, 0.3) is 22.1 Å². The van der Waals surface area contributed by atoms with Gasteiger partial charge in [-0.3, -0.25) is 0 Å². The Balaban J connectivity index is 2.47. The number of fused-ring (bicyclic) bond motifs is 2. The van der Waals surface area contributed by atoms with E-state index in [2.05, 4.69) is 0 Å². The molecule has 0 aliphatic rings. The molecule has 0 bridgehead atoms. The second kappa shape index (κ2) is 4.64.